The monoisotopic (exact) mass is 316 g/mol. The molecule has 0 spiro atoms. The molecule has 1 aromatic heterocycles. The minimum atomic E-state index is -0.635. The first-order valence-corrected chi connectivity index (χ1v) is 8.82. The average Bonchev–Trinajstić information content (AvgIpc) is 2.86. The van der Waals surface area contributed by atoms with E-state index in [1.165, 1.54) is 32.1 Å². The van der Waals surface area contributed by atoms with Gasteiger partial charge in [-0.15, -0.1) is 0 Å². The van der Waals surface area contributed by atoms with E-state index >= 15 is 0 Å². The van der Waals surface area contributed by atoms with Crippen LogP contribution < -0.4 is 0 Å². The number of amides is 1. The van der Waals surface area contributed by atoms with E-state index in [4.69, 9.17) is 0 Å². The third-order valence-electron chi connectivity index (χ3n) is 5.59. The molecule has 1 saturated carbocycles. The van der Waals surface area contributed by atoms with Crippen LogP contribution in [0.15, 0.2) is 24.5 Å². The van der Waals surface area contributed by atoms with Crippen molar-refractivity contribution in [2.24, 2.45) is 5.92 Å². The Bertz CT molecular complexity index is 572. The Morgan fingerprint density at radius 1 is 1.39 bits per heavy atom. The number of Topliss-reactive ketones (excluding diaryl/α,β-unsaturated/α-hetero) is 1. The summed E-state index contributed by atoms with van der Waals surface area (Å²) in [6.45, 7) is 2.44. The van der Waals surface area contributed by atoms with Crippen LogP contribution in [0.3, 0.4) is 0 Å². The van der Waals surface area contributed by atoms with Gasteiger partial charge in [-0.2, -0.15) is 0 Å². The lowest BCUT2D eigenvalue weighted by molar-refractivity contribution is -0.140. The summed E-state index contributed by atoms with van der Waals surface area (Å²) in [6, 6.07) is 3.84. The van der Waals surface area contributed by atoms with Crippen molar-refractivity contribution in [3.63, 3.8) is 0 Å². The fourth-order valence-electron chi connectivity index (χ4n) is 4.00. The molecule has 1 saturated heterocycles. The predicted molar refractivity (Wildman–Crippen MR) is 90.7 cm³/mol. The minimum absolute atomic E-state index is 0. The highest BCUT2D eigenvalue weighted by Gasteiger charge is 2.46. The quantitative estimate of drug-likeness (QED) is 0.831. The Hall–Kier alpha value is -1.71. The molecule has 1 aromatic rings. The number of hydrogen-bond donors (Lipinski definition) is 0. The zero-order valence-corrected chi connectivity index (χ0v) is 14.0. The van der Waals surface area contributed by atoms with Gasteiger partial charge in [-0.3, -0.25) is 14.6 Å². The van der Waals surface area contributed by atoms with Crippen LogP contribution in [0.5, 0.6) is 0 Å². The fourth-order valence-corrected chi connectivity index (χ4v) is 4.00. The summed E-state index contributed by atoms with van der Waals surface area (Å²) in [5.74, 6) is 0.858. The van der Waals surface area contributed by atoms with Crippen LogP contribution in [0.4, 0.5) is 0 Å². The Labute approximate surface area is 139 Å². The SMILES string of the molecule is CC1(C(=O)CC2CCCCC2)CCC(=O)N1Cc1cccnc1.[HH]. The van der Waals surface area contributed by atoms with Crippen LogP contribution in [-0.4, -0.2) is 27.1 Å². The molecule has 3 rings (SSSR count). The van der Waals surface area contributed by atoms with Gasteiger partial charge in [0, 0.05) is 33.2 Å². The maximum absolute atomic E-state index is 13.0. The van der Waals surface area contributed by atoms with Gasteiger partial charge in [-0.1, -0.05) is 38.2 Å². The summed E-state index contributed by atoms with van der Waals surface area (Å²) in [4.78, 5) is 31.2. The highest BCUT2D eigenvalue weighted by atomic mass is 16.2. The minimum Gasteiger partial charge on any atom is -0.326 e. The van der Waals surface area contributed by atoms with E-state index in [0.29, 0.717) is 31.7 Å². The van der Waals surface area contributed by atoms with Crippen LogP contribution >= 0.6 is 0 Å². The zero-order valence-electron chi connectivity index (χ0n) is 14.0. The van der Waals surface area contributed by atoms with Crippen LogP contribution in [-0.2, 0) is 16.1 Å². The molecule has 126 valence electrons. The molecule has 2 fully saturated rings. The molecule has 4 nitrogen and oxygen atoms in total. The maximum Gasteiger partial charge on any atom is 0.223 e. The van der Waals surface area contributed by atoms with Crippen LogP contribution in [0.1, 0.15) is 65.3 Å². The molecule has 23 heavy (non-hydrogen) atoms. The number of aromatic nitrogens is 1. The van der Waals surface area contributed by atoms with Crippen molar-refractivity contribution >= 4 is 11.7 Å². The molecule has 0 N–H and O–H groups in total. The lowest BCUT2D eigenvalue weighted by atomic mass is 9.81. The van der Waals surface area contributed by atoms with E-state index in [0.717, 1.165) is 5.56 Å². The first-order valence-electron chi connectivity index (χ1n) is 8.82. The first-order chi connectivity index (χ1) is 11.1. The number of pyridine rings is 1. The molecule has 2 aliphatic rings. The largest absolute Gasteiger partial charge is 0.326 e. The van der Waals surface area contributed by atoms with E-state index in [1.807, 2.05) is 19.1 Å². The van der Waals surface area contributed by atoms with Crippen molar-refractivity contribution in [3.05, 3.63) is 30.1 Å². The van der Waals surface area contributed by atoms with Gasteiger partial charge in [0.15, 0.2) is 5.78 Å². The van der Waals surface area contributed by atoms with E-state index in [-0.39, 0.29) is 13.1 Å². The number of ketones is 1. The summed E-state index contributed by atoms with van der Waals surface area (Å²) in [5.41, 5.74) is 0.351. The average molecular weight is 316 g/mol. The third-order valence-corrected chi connectivity index (χ3v) is 5.59. The second kappa shape index (κ2) is 6.81. The van der Waals surface area contributed by atoms with Crippen molar-refractivity contribution in [1.82, 2.24) is 9.88 Å². The van der Waals surface area contributed by atoms with Gasteiger partial charge in [0.25, 0.3) is 0 Å². The predicted octanol–water partition coefficient (Wildman–Crippen LogP) is 3.75. The standard InChI is InChI=1S/C19H26N2O2.H2/c1-19(17(22)12-15-6-3-2-4-7-15)10-9-18(23)21(19)14-16-8-5-11-20-13-16;/h5,8,11,13,15H,2-4,6-7,9-10,12,14H2,1H3;1H. The van der Waals surface area contributed by atoms with Gasteiger partial charge in [-0.05, 0) is 30.9 Å². The van der Waals surface area contributed by atoms with E-state index < -0.39 is 5.54 Å². The highest BCUT2D eigenvalue weighted by molar-refractivity contribution is 5.95. The summed E-state index contributed by atoms with van der Waals surface area (Å²) in [7, 11) is 0. The number of nitrogens with zero attached hydrogens (tertiary/aromatic N) is 2. The van der Waals surface area contributed by atoms with Crippen LogP contribution in [0.25, 0.3) is 0 Å². The summed E-state index contributed by atoms with van der Waals surface area (Å²) >= 11 is 0. The van der Waals surface area contributed by atoms with E-state index in [1.54, 1.807) is 17.3 Å². The number of carbonyl (C=O) groups excluding carboxylic acids is 2. The van der Waals surface area contributed by atoms with Gasteiger partial charge >= 0.3 is 0 Å². The van der Waals surface area contributed by atoms with Crippen molar-refractivity contribution in [2.75, 3.05) is 0 Å². The molecule has 1 amide bonds. The molecular weight excluding hydrogens is 288 g/mol. The number of rotatable bonds is 5. The molecule has 0 radical (unpaired) electrons. The number of likely N-dealkylation sites (tertiary alicyclic amines) is 1. The van der Waals surface area contributed by atoms with Gasteiger partial charge in [0.05, 0.1) is 5.54 Å². The second-order valence-electron chi connectivity index (χ2n) is 7.25. The smallest absolute Gasteiger partial charge is 0.223 e. The van der Waals surface area contributed by atoms with Crippen molar-refractivity contribution < 1.29 is 11.0 Å². The molecule has 2 heterocycles. The summed E-state index contributed by atoms with van der Waals surface area (Å²) in [6.07, 6.45) is 11.4. The topological polar surface area (TPSA) is 50.3 Å². The van der Waals surface area contributed by atoms with Gasteiger partial charge in [0.1, 0.15) is 0 Å². The summed E-state index contributed by atoms with van der Waals surface area (Å²) < 4.78 is 0. The van der Waals surface area contributed by atoms with Gasteiger partial charge in [0.2, 0.25) is 5.91 Å². The second-order valence-corrected chi connectivity index (χ2v) is 7.25. The Morgan fingerprint density at radius 2 is 2.17 bits per heavy atom. The van der Waals surface area contributed by atoms with Crippen molar-refractivity contribution in [1.29, 1.82) is 0 Å². The number of carbonyl (C=O) groups is 2. The first kappa shape index (κ1) is 16.2. The molecule has 1 unspecified atom stereocenters. The lowest BCUT2D eigenvalue weighted by Crippen LogP contribution is -2.49. The lowest BCUT2D eigenvalue weighted by Gasteiger charge is -2.35. The van der Waals surface area contributed by atoms with E-state index in [2.05, 4.69) is 4.98 Å². The fraction of sp³-hybridized carbons (Fsp3) is 0.632. The molecule has 0 bridgehead atoms. The molecule has 1 aliphatic heterocycles. The van der Waals surface area contributed by atoms with Crippen molar-refractivity contribution in [3.8, 4) is 0 Å². The maximum atomic E-state index is 13.0. The Kier molecular flexibility index (Phi) is 4.79. The molecule has 1 aliphatic carbocycles. The molecule has 1 atom stereocenters. The highest BCUT2D eigenvalue weighted by Crippen LogP contribution is 2.36. The third kappa shape index (κ3) is 3.46. The molecular formula is C19H28N2O2. The summed E-state index contributed by atoms with van der Waals surface area (Å²) in [5, 5.41) is 0. The van der Waals surface area contributed by atoms with Gasteiger partial charge in [-0.25, -0.2) is 0 Å². The molecule has 4 heteroatoms. The Morgan fingerprint density at radius 3 is 2.87 bits per heavy atom. The van der Waals surface area contributed by atoms with Crippen LogP contribution in [0, 0.1) is 5.92 Å². The van der Waals surface area contributed by atoms with Crippen LogP contribution in [0.2, 0.25) is 0 Å². The van der Waals surface area contributed by atoms with E-state index in [9.17, 15) is 9.59 Å². The van der Waals surface area contributed by atoms with Crippen molar-refractivity contribution in [2.45, 2.75) is 70.4 Å². The Balaban J connectivity index is 0.00000208. The van der Waals surface area contributed by atoms with Gasteiger partial charge < -0.3 is 4.90 Å². The number of hydrogen-bond acceptors (Lipinski definition) is 3. The normalized spacial score (nSPS) is 25.8. The molecule has 0 aromatic carbocycles. The zero-order chi connectivity index (χ0) is 16.3.